The molecule has 0 saturated heterocycles. The Balaban J connectivity index is 1.64. The third-order valence-electron chi connectivity index (χ3n) is 5.89. The molecule has 0 unspecified atom stereocenters. The summed E-state index contributed by atoms with van der Waals surface area (Å²) in [6.07, 6.45) is 4.36. The fraction of sp³-hybridized carbons (Fsp3) is 0.167. The summed E-state index contributed by atoms with van der Waals surface area (Å²) in [5.41, 5.74) is 8.13. The molecule has 5 aromatic rings. The molecule has 0 fully saturated rings. The molecule has 0 spiro atoms. The van der Waals surface area contributed by atoms with Crippen LogP contribution in [0.25, 0.3) is 39.7 Å². The van der Waals surface area contributed by atoms with Crippen molar-refractivity contribution in [1.82, 2.24) is 29.1 Å². The zero-order valence-corrected chi connectivity index (χ0v) is 17.2. The number of imidazole rings is 1. The molecular weight excluding hydrogens is 391 g/mol. The molecule has 1 aliphatic rings. The van der Waals surface area contributed by atoms with Gasteiger partial charge in [-0.15, -0.1) is 0 Å². The van der Waals surface area contributed by atoms with E-state index in [0.29, 0.717) is 11.4 Å². The van der Waals surface area contributed by atoms with E-state index >= 15 is 0 Å². The summed E-state index contributed by atoms with van der Waals surface area (Å²) in [6.45, 7) is 4.58. The van der Waals surface area contributed by atoms with Crippen molar-refractivity contribution in [3.8, 4) is 34.0 Å². The molecule has 152 valence electrons. The number of aryl methyl sites for hydroxylation is 3. The molecule has 7 heteroatoms. The number of nitrogens with zero attached hydrogens (tertiary/aromatic N) is 6. The maximum absolute atomic E-state index is 14.0. The number of fused-ring (bicyclic) bond motifs is 4. The van der Waals surface area contributed by atoms with Gasteiger partial charge in [-0.25, -0.2) is 23.9 Å². The molecule has 1 aliphatic heterocycles. The lowest BCUT2D eigenvalue weighted by molar-refractivity contribution is 0.609. The fourth-order valence-electron chi connectivity index (χ4n) is 4.35. The standard InChI is InChI=1S/C24H19FN6/c1-14-3-5-18-16(11-14)9-10-30-23(20-7-6-19(25)15(2)28-20)22(29-24(18)30)17-4-8-21-26-13-27-31(21)12-17/h3-8,11-13H,9-10H2,1-2H3. The number of pyridine rings is 2. The molecule has 0 amide bonds. The summed E-state index contributed by atoms with van der Waals surface area (Å²) >= 11 is 0. The van der Waals surface area contributed by atoms with Gasteiger partial charge in [-0.3, -0.25) is 0 Å². The van der Waals surface area contributed by atoms with Gasteiger partial charge in [0.1, 0.15) is 23.7 Å². The van der Waals surface area contributed by atoms with E-state index in [0.717, 1.165) is 47.0 Å². The summed E-state index contributed by atoms with van der Waals surface area (Å²) in [7, 11) is 0. The van der Waals surface area contributed by atoms with Gasteiger partial charge in [0, 0.05) is 23.9 Å². The van der Waals surface area contributed by atoms with Crippen molar-refractivity contribution in [2.24, 2.45) is 0 Å². The highest BCUT2D eigenvalue weighted by Gasteiger charge is 2.26. The van der Waals surface area contributed by atoms with Gasteiger partial charge < -0.3 is 4.57 Å². The number of halogens is 1. The predicted octanol–water partition coefficient (Wildman–Crippen LogP) is 4.63. The van der Waals surface area contributed by atoms with Gasteiger partial charge in [0.25, 0.3) is 0 Å². The van der Waals surface area contributed by atoms with E-state index in [4.69, 9.17) is 4.98 Å². The number of hydrogen-bond donors (Lipinski definition) is 0. The summed E-state index contributed by atoms with van der Waals surface area (Å²) < 4.78 is 17.9. The second kappa shape index (κ2) is 6.57. The molecule has 0 N–H and O–H groups in total. The average molecular weight is 410 g/mol. The van der Waals surface area contributed by atoms with Crippen LogP contribution in [0, 0.1) is 19.7 Å². The highest BCUT2D eigenvalue weighted by atomic mass is 19.1. The Morgan fingerprint density at radius 2 is 1.90 bits per heavy atom. The van der Waals surface area contributed by atoms with Crippen LogP contribution in [0.2, 0.25) is 0 Å². The van der Waals surface area contributed by atoms with Gasteiger partial charge in [-0.05, 0) is 50.1 Å². The topological polar surface area (TPSA) is 60.9 Å². The van der Waals surface area contributed by atoms with E-state index in [-0.39, 0.29) is 5.82 Å². The minimum atomic E-state index is -0.312. The van der Waals surface area contributed by atoms with Gasteiger partial charge in [0.05, 0.1) is 17.1 Å². The Morgan fingerprint density at radius 1 is 1.00 bits per heavy atom. The molecule has 0 aliphatic carbocycles. The van der Waals surface area contributed by atoms with E-state index < -0.39 is 0 Å². The van der Waals surface area contributed by atoms with Crippen LogP contribution >= 0.6 is 0 Å². The second-order valence-corrected chi connectivity index (χ2v) is 7.94. The van der Waals surface area contributed by atoms with Crippen LogP contribution in [0.15, 0.2) is 55.0 Å². The molecule has 0 saturated carbocycles. The van der Waals surface area contributed by atoms with E-state index in [1.165, 1.54) is 23.5 Å². The van der Waals surface area contributed by atoms with Gasteiger partial charge in [0.2, 0.25) is 0 Å². The van der Waals surface area contributed by atoms with Crippen molar-refractivity contribution in [1.29, 1.82) is 0 Å². The van der Waals surface area contributed by atoms with E-state index in [2.05, 4.69) is 44.8 Å². The lowest BCUT2D eigenvalue weighted by Gasteiger charge is -2.20. The summed E-state index contributed by atoms with van der Waals surface area (Å²) in [4.78, 5) is 13.9. The number of hydrogen-bond acceptors (Lipinski definition) is 4. The lowest BCUT2D eigenvalue weighted by atomic mass is 9.98. The quantitative estimate of drug-likeness (QED) is 0.426. The molecule has 31 heavy (non-hydrogen) atoms. The number of rotatable bonds is 2. The Hall–Kier alpha value is -3.87. The van der Waals surface area contributed by atoms with E-state index in [9.17, 15) is 4.39 Å². The summed E-state index contributed by atoms with van der Waals surface area (Å²) in [5, 5.41) is 4.27. The van der Waals surface area contributed by atoms with Crippen LogP contribution in [0.4, 0.5) is 4.39 Å². The highest BCUT2D eigenvalue weighted by Crippen LogP contribution is 2.39. The first-order valence-corrected chi connectivity index (χ1v) is 10.2. The highest BCUT2D eigenvalue weighted by molar-refractivity contribution is 5.82. The fourth-order valence-corrected chi connectivity index (χ4v) is 4.35. The monoisotopic (exact) mass is 410 g/mol. The largest absolute Gasteiger partial charge is 0.322 e. The molecule has 0 bridgehead atoms. The Labute approximate surface area is 178 Å². The Morgan fingerprint density at radius 3 is 2.77 bits per heavy atom. The molecule has 6 rings (SSSR count). The van der Waals surface area contributed by atoms with Crippen LogP contribution in [0.3, 0.4) is 0 Å². The first-order valence-electron chi connectivity index (χ1n) is 10.2. The molecule has 4 aromatic heterocycles. The second-order valence-electron chi connectivity index (χ2n) is 7.94. The van der Waals surface area contributed by atoms with Crippen molar-refractivity contribution in [2.45, 2.75) is 26.8 Å². The number of benzene rings is 1. The van der Waals surface area contributed by atoms with Crippen molar-refractivity contribution >= 4 is 5.65 Å². The molecule has 6 nitrogen and oxygen atoms in total. The summed E-state index contributed by atoms with van der Waals surface area (Å²) in [6, 6.07) is 13.6. The normalized spacial score (nSPS) is 12.7. The first-order chi connectivity index (χ1) is 15.1. The minimum Gasteiger partial charge on any atom is -0.322 e. The molecule has 0 radical (unpaired) electrons. The predicted molar refractivity (Wildman–Crippen MR) is 116 cm³/mol. The first kappa shape index (κ1) is 17.9. The van der Waals surface area contributed by atoms with Crippen molar-refractivity contribution in [3.05, 3.63) is 77.6 Å². The zero-order valence-electron chi connectivity index (χ0n) is 17.2. The zero-order chi connectivity index (χ0) is 21.1. The lowest BCUT2D eigenvalue weighted by Crippen LogP contribution is -2.12. The van der Waals surface area contributed by atoms with Crippen LogP contribution in [-0.4, -0.2) is 29.1 Å². The third-order valence-corrected chi connectivity index (χ3v) is 5.89. The van der Waals surface area contributed by atoms with Crippen LogP contribution < -0.4 is 0 Å². The van der Waals surface area contributed by atoms with Gasteiger partial charge >= 0.3 is 0 Å². The van der Waals surface area contributed by atoms with Crippen LogP contribution in [0.5, 0.6) is 0 Å². The Bertz CT molecular complexity index is 1480. The van der Waals surface area contributed by atoms with Crippen molar-refractivity contribution < 1.29 is 4.39 Å². The molecular formula is C24H19FN6. The van der Waals surface area contributed by atoms with E-state index in [1.54, 1.807) is 17.5 Å². The summed E-state index contributed by atoms with van der Waals surface area (Å²) in [5.74, 6) is 0.599. The van der Waals surface area contributed by atoms with E-state index in [1.807, 2.05) is 18.3 Å². The van der Waals surface area contributed by atoms with Gasteiger partial charge in [-0.1, -0.05) is 23.8 Å². The molecule has 0 atom stereocenters. The van der Waals surface area contributed by atoms with Crippen molar-refractivity contribution in [2.75, 3.05) is 0 Å². The average Bonchev–Trinajstić information content (AvgIpc) is 3.39. The molecule has 1 aromatic carbocycles. The van der Waals surface area contributed by atoms with Crippen molar-refractivity contribution in [3.63, 3.8) is 0 Å². The minimum absolute atomic E-state index is 0.312. The smallest absolute Gasteiger partial charge is 0.155 e. The SMILES string of the molecule is Cc1ccc2c(c1)CCn1c-2nc(-c2ccc3ncnn3c2)c1-c1ccc(F)c(C)n1. The molecule has 5 heterocycles. The Kier molecular flexibility index (Phi) is 3.80. The van der Waals surface area contributed by atoms with Crippen LogP contribution in [0.1, 0.15) is 16.8 Å². The third kappa shape index (κ3) is 2.77. The van der Waals surface area contributed by atoms with Gasteiger partial charge in [0.15, 0.2) is 5.65 Å². The number of aromatic nitrogens is 6. The van der Waals surface area contributed by atoms with Crippen LogP contribution in [-0.2, 0) is 13.0 Å². The maximum Gasteiger partial charge on any atom is 0.155 e. The van der Waals surface area contributed by atoms with Gasteiger partial charge in [-0.2, -0.15) is 5.10 Å². The maximum atomic E-state index is 14.0.